The molecule has 2 aromatic carbocycles. The van der Waals surface area contributed by atoms with Crippen molar-refractivity contribution in [3.05, 3.63) is 66.1 Å². The molecule has 128 valence electrons. The molecule has 5 rings (SSSR count). The van der Waals surface area contributed by atoms with Gasteiger partial charge in [0.15, 0.2) is 5.65 Å². The number of aromatic nitrogens is 3. The summed E-state index contributed by atoms with van der Waals surface area (Å²) in [6, 6.07) is 16.7. The summed E-state index contributed by atoms with van der Waals surface area (Å²) >= 11 is 1.78. The number of hydrogen-bond donors (Lipinski definition) is 1. The minimum absolute atomic E-state index is 0.259. The molecule has 0 saturated carbocycles. The first kappa shape index (κ1) is 15.4. The fourth-order valence-electron chi connectivity index (χ4n) is 3.20. The lowest BCUT2D eigenvalue weighted by molar-refractivity contribution is 0.628. The van der Waals surface area contributed by atoms with Crippen molar-refractivity contribution in [2.45, 2.75) is 11.8 Å². The van der Waals surface area contributed by atoms with Crippen LogP contribution in [0.5, 0.6) is 0 Å². The molecule has 1 aliphatic heterocycles. The molecule has 0 aliphatic carbocycles. The second-order valence-electron chi connectivity index (χ2n) is 6.22. The zero-order valence-corrected chi connectivity index (χ0v) is 14.8. The van der Waals surface area contributed by atoms with Gasteiger partial charge < -0.3 is 5.32 Å². The third kappa shape index (κ3) is 2.45. The molecule has 6 heteroatoms. The topological polar surface area (TPSA) is 42.7 Å². The summed E-state index contributed by atoms with van der Waals surface area (Å²) in [5.41, 5.74) is 5.56. The predicted molar refractivity (Wildman–Crippen MR) is 103 cm³/mol. The van der Waals surface area contributed by atoms with Crippen LogP contribution in [0.3, 0.4) is 0 Å². The molecule has 0 atom stereocenters. The van der Waals surface area contributed by atoms with Gasteiger partial charge in [0.25, 0.3) is 0 Å². The van der Waals surface area contributed by atoms with Gasteiger partial charge in [-0.1, -0.05) is 0 Å². The van der Waals surface area contributed by atoms with Crippen LogP contribution in [0.1, 0.15) is 5.69 Å². The highest BCUT2D eigenvalue weighted by atomic mass is 32.2. The summed E-state index contributed by atoms with van der Waals surface area (Å²) in [7, 11) is 0. The van der Waals surface area contributed by atoms with E-state index in [4.69, 9.17) is 9.97 Å². The number of halogens is 1. The highest BCUT2D eigenvalue weighted by molar-refractivity contribution is 7.99. The Kier molecular flexibility index (Phi) is 3.46. The van der Waals surface area contributed by atoms with Crippen molar-refractivity contribution in [1.29, 1.82) is 0 Å². The lowest BCUT2D eigenvalue weighted by atomic mass is 10.2. The molecule has 0 radical (unpaired) electrons. The fraction of sp³-hybridized carbons (Fsp3) is 0.100. The standard InChI is InChI=1S/C20H15FN4S/c1-12-2-8-17-20(23-12)25(15-7-9-16-18(10-15)26-11-22-16)19(24-17)13-3-5-14(21)6-4-13/h2-10,22H,11H2,1H3. The Morgan fingerprint density at radius 2 is 1.88 bits per heavy atom. The number of rotatable bonds is 2. The Morgan fingerprint density at radius 1 is 1.04 bits per heavy atom. The largest absolute Gasteiger partial charge is 0.375 e. The first-order valence-corrected chi connectivity index (χ1v) is 9.31. The van der Waals surface area contributed by atoms with Crippen molar-refractivity contribution in [1.82, 2.24) is 14.5 Å². The minimum Gasteiger partial charge on any atom is -0.375 e. The Labute approximate surface area is 154 Å². The van der Waals surface area contributed by atoms with E-state index in [1.165, 1.54) is 17.0 Å². The molecule has 1 aliphatic rings. The van der Waals surface area contributed by atoms with Gasteiger partial charge in [-0.05, 0) is 61.5 Å². The van der Waals surface area contributed by atoms with Gasteiger partial charge in [-0.25, -0.2) is 14.4 Å². The third-order valence-electron chi connectivity index (χ3n) is 4.46. The molecule has 0 spiro atoms. The number of thioether (sulfide) groups is 1. The summed E-state index contributed by atoms with van der Waals surface area (Å²) in [4.78, 5) is 10.7. The number of benzene rings is 2. The average Bonchev–Trinajstić information content (AvgIpc) is 3.25. The lowest BCUT2D eigenvalue weighted by Gasteiger charge is -2.11. The van der Waals surface area contributed by atoms with E-state index in [-0.39, 0.29) is 5.82 Å². The number of nitrogens with one attached hydrogen (secondary N) is 1. The zero-order valence-electron chi connectivity index (χ0n) is 14.0. The van der Waals surface area contributed by atoms with E-state index >= 15 is 0 Å². The maximum Gasteiger partial charge on any atom is 0.165 e. The van der Waals surface area contributed by atoms with E-state index in [1.54, 1.807) is 23.9 Å². The summed E-state index contributed by atoms with van der Waals surface area (Å²) in [5.74, 6) is 1.38. The van der Waals surface area contributed by atoms with Crippen LogP contribution in [0, 0.1) is 12.7 Å². The maximum absolute atomic E-state index is 13.4. The molecule has 4 nitrogen and oxygen atoms in total. The summed E-state index contributed by atoms with van der Waals surface area (Å²) < 4.78 is 15.4. The minimum atomic E-state index is -0.259. The zero-order chi connectivity index (χ0) is 17.7. The van der Waals surface area contributed by atoms with Gasteiger partial charge in [0, 0.05) is 21.8 Å². The van der Waals surface area contributed by atoms with Crippen molar-refractivity contribution >= 4 is 28.6 Å². The van der Waals surface area contributed by atoms with Gasteiger partial charge in [-0.3, -0.25) is 4.57 Å². The van der Waals surface area contributed by atoms with Crippen LogP contribution in [0.25, 0.3) is 28.2 Å². The first-order valence-electron chi connectivity index (χ1n) is 8.32. The number of pyridine rings is 1. The van der Waals surface area contributed by atoms with E-state index in [0.29, 0.717) is 0 Å². The third-order valence-corrected chi connectivity index (χ3v) is 5.40. The second kappa shape index (κ2) is 5.85. The fourth-order valence-corrected chi connectivity index (χ4v) is 4.08. The van der Waals surface area contributed by atoms with Crippen molar-refractivity contribution in [3.63, 3.8) is 0 Å². The maximum atomic E-state index is 13.4. The molecule has 4 aromatic rings. The van der Waals surface area contributed by atoms with Gasteiger partial charge in [-0.2, -0.15) is 0 Å². The lowest BCUT2D eigenvalue weighted by Crippen LogP contribution is -2.00. The molecule has 0 amide bonds. The predicted octanol–water partition coefficient (Wildman–Crippen LogP) is 5.01. The van der Waals surface area contributed by atoms with E-state index in [0.717, 1.165) is 45.5 Å². The van der Waals surface area contributed by atoms with Gasteiger partial charge in [0.1, 0.15) is 17.2 Å². The van der Waals surface area contributed by atoms with Crippen LogP contribution in [0.4, 0.5) is 10.1 Å². The van der Waals surface area contributed by atoms with Gasteiger partial charge in [0.2, 0.25) is 0 Å². The van der Waals surface area contributed by atoms with Crippen molar-refractivity contribution in [2.24, 2.45) is 0 Å². The number of nitrogens with zero attached hydrogens (tertiary/aromatic N) is 3. The van der Waals surface area contributed by atoms with Gasteiger partial charge in [-0.15, -0.1) is 11.8 Å². The number of aryl methyl sites for hydroxylation is 1. The number of anilines is 1. The summed E-state index contributed by atoms with van der Waals surface area (Å²) in [6.45, 7) is 1.97. The normalized spacial score (nSPS) is 13.0. The van der Waals surface area contributed by atoms with E-state index in [9.17, 15) is 4.39 Å². The highest BCUT2D eigenvalue weighted by Crippen LogP contribution is 2.37. The molecule has 0 fully saturated rings. The van der Waals surface area contributed by atoms with Crippen LogP contribution in [0.2, 0.25) is 0 Å². The van der Waals surface area contributed by atoms with Gasteiger partial charge >= 0.3 is 0 Å². The SMILES string of the molecule is Cc1ccc2nc(-c3ccc(F)cc3)n(-c3ccc4c(c3)SCN4)c2n1. The van der Waals surface area contributed by atoms with Crippen molar-refractivity contribution < 1.29 is 4.39 Å². The second-order valence-corrected chi connectivity index (χ2v) is 7.24. The van der Waals surface area contributed by atoms with Crippen LogP contribution in [0.15, 0.2) is 59.5 Å². The monoisotopic (exact) mass is 362 g/mol. The highest BCUT2D eigenvalue weighted by Gasteiger charge is 2.18. The van der Waals surface area contributed by atoms with E-state index in [1.807, 2.05) is 19.1 Å². The molecule has 0 bridgehead atoms. The molecular formula is C20H15FN4S. The quantitative estimate of drug-likeness (QED) is 0.544. The van der Waals surface area contributed by atoms with Gasteiger partial charge in [0.05, 0.1) is 11.6 Å². The van der Waals surface area contributed by atoms with Crippen molar-refractivity contribution in [3.8, 4) is 17.1 Å². The van der Waals surface area contributed by atoms with E-state index < -0.39 is 0 Å². The first-order chi connectivity index (χ1) is 12.7. The van der Waals surface area contributed by atoms with Crippen LogP contribution in [-0.2, 0) is 0 Å². The van der Waals surface area contributed by atoms with Crippen LogP contribution >= 0.6 is 11.8 Å². The van der Waals surface area contributed by atoms with Crippen LogP contribution in [-0.4, -0.2) is 20.4 Å². The Bertz CT molecular complexity index is 1130. The van der Waals surface area contributed by atoms with Crippen molar-refractivity contribution in [2.75, 3.05) is 11.2 Å². The molecule has 0 saturated heterocycles. The summed E-state index contributed by atoms with van der Waals surface area (Å²) in [6.07, 6.45) is 0. The number of fused-ring (bicyclic) bond motifs is 2. The van der Waals surface area contributed by atoms with Crippen LogP contribution < -0.4 is 5.32 Å². The average molecular weight is 362 g/mol. The molecule has 0 unspecified atom stereocenters. The summed E-state index contributed by atoms with van der Waals surface area (Å²) in [5, 5.41) is 3.35. The molecule has 1 N–H and O–H groups in total. The number of imidazole rings is 1. The molecular weight excluding hydrogens is 347 g/mol. The molecule has 2 aromatic heterocycles. The Morgan fingerprint density at radius 3 is 2.73 bits per heavy atom. The molecule has 3 heterocycles. The smallest absolute Gasteiger partial charge is 0.165 e. The Hall–Kier alpha value is -2.86. The number of hydrogen-bond acceptors (Lipinski definition) is 4. The molecule has 26 heavy (non-hydrogen) atoms. The van der Waals surface area contributed by atoms with E-state index in [2.05, 4.69) is 28.1 Å². The Balaban J connectivity index is 1.80.